The molecule has 0 aliphatic carbocycles. The molecule has 2 N–H and O–H groups in total. The molecule has 58 valence electrons. The van der Waals surface area contributed by atoms with Gasteiger partial charge in [-0.25, -0.2) is 0 Å². The van der Waals surface area contributed by atoms with Crippen LogP contribution in [0.15, 0.2) is 21.5 Å². The minimum absolute atomic E-state index is 0.144. The van der Waals surface area contributed by atoms with Gasteiger partial charge in [0.15, 0.2) is 0 Å². The molecule has 5 heteroatoms. The van der Waals surface area contributed by atoms with E-state index in [4.69, 9.17) is 14.5 Å². The summed E-state index contributed by atoms with van der Waals surface area (Å²) in [5.74, 6) is 0.574. The second-order valence-corrected chi connectivity index (χ2v) is 2.44. The molecule has 1 rings (SSSR count). The van der Waals surface area contributed by atoms with E-state index >= 15 is 0 Å². The molecule has 0 saturated heterocycles. The molecule has 0 aromatic carbocycles. The van der Waals surface area contributed by atoms with E-state index in [1.165, 1.54) is 6.07 Å². The summed E-state index contributed by atoms with van der Waals surface area (Å²) in [6, 6.07) is 3.15. The van der Waals surface area contributed by atoms with Gasteiger partial charge in [0.1, 0.15) is 11.4 Å². The van der Waals surface area contributed by atoms with Crippen LogP contribution < -0.4 is 5.66 Å². The molecule has 0 radical (unpaired) electrons. The molecule has 11 heavy (non-hydrogen) atoms. The van der Waals surface area contributed by atoms with Crippen molar-refractivity contribution in [2.75, 3.05) is 0 Å². The van der Waals surface area contributed by atoms with E-state index in [0.717, 1.165) is 0 Å². The third-order valence-corrected chi connectivity index (χ3v) is 1.39. The van der Waals surface area contributed by atoms with Crippen molar-refractivity contribution in [2.24, 2.45) is 0 Å². The smallest absolute Gasteiger partial charge is 0.465 e. The van der Waals surface area contributed by atoms with E-state index in [2.05, 4.69) is 15.9 Å². The van der Waals surface area contributed by atoms with E-state index in [-0.39, 0.29) is 5.66 Å². The fourth-order valence-electron chi connectivity index (χ4n) is 0.659. The predicted molar refractivity (Wildman–Crippen MR) is 46.5 cm³/mol. The summed E-state index contributed by atoms with van der Waals surface area (Å²) in [6.45, 7) is 0. The highest BCUT2D eigenvalue weighted by atomic mass is 79.9. The molecular formula is C6H6BBrO3. The zero-order valence-electron chi connectivity index (χ0n) is 5.57. The summed E-state index contributed by atoms with van der Waals surface area (Å²) >= 11 is 3.07. The van der Waals surface area contributed by atoms with Gasteiger partial charge in [0.25, 0.3) is 0 Å². The van der Waals surface area contributed by atoms with Gasteiger partial charge in [-0.3, -0.25) is 0 Å². The van der Waals surface area contributed by atoms with Crippen LogP contribution in [0.5, 0.6) is 0 Å². The highest BCUT2D eigenvalue weighted by Crippen LogP contribution is 2.02. The topological polar surface area (TPSA) is 53.6 Å². The zero-order valence-corrected chi connectivity index (χ0v) is 7.15. The monoisotopic (exact) mass is 216 g/mol. The maximum atomic E-state index is 8.63. The van der Waals surface area contributed by atoms with E-state index in [1.54, 1.807) is 17.1 Å². The number of furan rings is 1. The molecule has 3 nitrogen and oxygen atoms in total. The lowest BCUT2D eigenvalue weighted by molar-refractivity contribution is 0.409. The lowest BCUT2D eigenvalue weighted by atomic mass is 9.88. The molecule has 0 spiro atoms. The first-order valence-electron chi connectivity index (χ1n) is 2.96. The third-order valence-electron chi connectivity index (χ3n) is 1.13. The van der Waals surface area contributed by atoms with Crippen LogP contribution in [0.2, 0.25) is 0 Å². The van der Waals surface area contributed by atoms with Crippen LogP contribution in [-0.2, 0) is 0 Å². The Morgan fingerprint density at radius 1 is 1.45 bits per heavy atom. The number of rotatable bonds is 2. The first-order chi connectivity index (χ1) is 5.24. The van der Waals surface area contributed by atoms with E-state index < -0.39 is 7.12 Å². The SMILES string of the molecule is OB(O)c1ccc(/C=C/Br)o1. The predicted octanol–water partition coefficient (Wildman–Crippen LogP) is 0.325. The third kappa shape index (κ3) is 2.22. The van der Waals surface area contributed by atoms with Crippen molar-refractivity contribution in [1.29, 1.82) is 0 Å². The second-order valence-electron chi connectivity index (χ2n) is 1.91. The van der Waals surface area contributed by atoms with Gasteiger partial charge in [0.2, 0.25) is 0 Å². The Hall–Kier alpha value is -0.515. The van der Waals surface area contributed by atoms with Crippen molar-refractivity contribution in [3.63, 3.8) is 0 Å². The zero-order chi connectivity index (χ0) is 8.27. The van der Waals surface area contributed by atoms with Crippen LogP contribution in [0.4, 0.5) is 0 Å². The van der Waals surface area contributed by atoms with Crippen LogP contribution in [0.1, 0.15) is 5.76 Å². The van der Waals surface area contributed by atoms with Gasteiger partial charge in [0.05, 0.1) is 0 Å². The molecule has 0 aliphatic rings. The van der Waals surface area contributed by atoms with Gasteiger partial charge in [-0.05, 0) is 23.2 Å². The fourth-order valence-corrected chi connectivity index (χ4v) is 0.919. The molecule has 0 amide bonds. The molecule has 0 saturated carbocycles. The summed E-state index contributed by atoms with van der Waals surface area (Å²) in [7, 11) is -1.53. The molecule has 0 atom stereocenters. The van der Waals surface area contributed by atoms with Gasteiger partial charge in [-0.15, -0.1) is 0 Å². The minimum Gasteiger partial charge on any atom is -0.465 e. The van der Waals surface area contributed by atoms with Crippen LogP contribution in [0.25, 0.3) is 6.08 Å². The second kappa shape index (κ2) is 3.76. The molecular weight excluding hydrogens is 211 g/mol. The molecule has 0 bridgehead atoms. The summed E-state index contributed by atoms with van der Waals surface area (Å²) in [5.41, 5.74) is 0.144. The summed E-state index contributed by atoms with van der Waals surface area (Å²) in [6.07, 6.45) is 1.66. The van der Waals surface area contributed by atoms with Crippen LogP contribution in [0.3, 0.4) is 0 Å². The Kier molecular flexibility index (Phi) is 2.93. The lowest BCUT2D eigenvalue weighted by Gasteiger charge is -1.89. The molecule has 0 aliphatic heterocycles. The Balaban J connectivity index is 2.81. The van der Waals surface area contributed by atoms with E-state index in [1.807, 2.05) is 0 Å². The normalized spacial score (nSPS) is 10.8. The maximum absolute atomic E-state index is 8.63. The van der Waals surface area contributed by atoms with Gasteiger partial charge < -0.3 is 14.5 Å². The first-order valence-corrected chi connectivity index (χ1v) is 3.88. The van der Waals surface area contributed by atoms with Crippen molar-refractivity contribution in [1.82, 2.24) is 0 Å². The first kappa shape index (κ1) is 8.58. The van der Waals surface area contributed by atoms with Gasteiger partial charge >= 0.3 is 7.12 Å². The van der Waals surface area contributed by atoms with Crippen molar-refractivity contribution in [2.45, 2.75) is 0 Å². The Bertz CT molecular complexity index is 256. The largest absolute Gasteiger partial charge is 0.526 e. The van der Waals surface area contributed by atoms with Crippen molar-refractivity contribution in [3.05, 3.63) is 22.9 Å². The average Bonchev–Trinajstić information content (AvgIpc) is 2.37. The molecule has 1 heterocycles. The summed E-state index contributed by atoms with van der Waals surface area (Å²) in [4.78, 5) is 1.62. The van der Waals surface area contributed by atoms with E-state index in [9.17, 15) is 0 Å². The Morgan fingerprint density at radius 3 is 2.64 bits per heavy atom. The summed E-state index contributed by atoms with van der Waals surface area (Å²) in [5, 5.41) is 17.3. The van der Waals surface area contributed by atoms with Crippen LogP contribution >= 0.6 is 15.9 Å². The summed E-state index contributed by atoms with van der Waals surface area (Å²) < 4.78 is 4.97. The average molecular weight is 217 g/mol. The Labute approximate surface area is 72.6 Å². The molecule has 0 fully saturated rings. The van der Waals surface area contributed by atoms with Crippen molar-refractivity contribution in [3.8, 4) is 0 Å². The molecule has 1 aromatic rings. The standard InChI is InChI=1S/C6H6BBrO3/c8-4-3-5-1-2-6(11-5)7(9)10/h1-4,9-10H/b4-3+. The van der Waals surface area contributed by atoms with E-state index in [0.29, 0.717) is 5.76 Å². The highest BCUT2D eigenvalue weighted by molar-refractivity contribution is 9.11. The number of halogens is 1. The number of hydrogen-bond acceptors (Lipinski definition) is 3. The highest BCUT2D eigenvalue weighted by Gasteiger charge is 2.14. The Morgan fingerprint density at radius 2 is 2.18 bits per heavy atom. The minimum atomic E-state index is -1.53. The van der Waals surface area contributed by atoms with Crippen molar-refractivity contribution >= 4 is 34.8 Å². The van der Waals surface area contributed by atoms with Crippen LogP contribution in [-0.4, -0.2) is 17.2 Å². The van der Waals surface area contributed by atoms with Crippen molar-refractivity contribution < 1.29 is 14.5 Å². The fraction of sp³-hybridized carbons (Fsp3) is 0. The van der Waals surface area contributed by atoms with Crippen LogP contribution in [0, 0.1) is 0 Å². The van der Waals surface area contributed by atoms with Gasteiger partial charge in [-0.2, -0.15) is 0 Å². The van der Waals surface area contributed by atoms with Gasteiger partial charge in [-0.1, -0.05) is 15.9 Å². The van der Waals surface area contributed by atoms with Gasteiger partial charge in [0, 0.05) is 0 Å². The molecule has 1 aromatic heterocycles. The molecule has 0 unspecified atom stereocenters. The number of hydrogen-bond donors (Lipinski definition) is 2. The maximum Gasteiger partial charge on any atom is 0.526 e. The lowest BCUT2D eigenvalue weighted by Crippen LogP contribution is -2.27. The quantitative estimate of drug-likeness (QED) is 0.701.